The van der Waals surface area contributed by atoms with E-state index >= 15 is 0 Å². The molecule has 0 unspecified atom stereocenters. The first-order valence-corrected chi connectivity index (χ1v) is 0.447. The molecule has 0 bridgehead atoms. The van der Waals surface area contributed by atoms with Crippen molar-refractivity contribution < 1.29 is 19.8 Å². The molecule has 4 heavy (non-hydrogen) atoms. The normalized spacial score (nSPS) is 2.00. The van der Waals surface area contributed by atoms with E-state index in [0.717, 1.165) is 0 Å². The maximum Gasteiger partial charge on any atom is 0.211 e. The monoisotopic (exact) mass is 236 g/mol. The quantitative estimate of drug-likeness (QED) is 0.441. The minimum Gasteiger partial charge on any atom is 0 e. The van der Waals surface area contributed by atoms with Crippen LogP contribution >= 0.6 is 0 Å². The van der Waals surface area contributed by atoms with Crippen LogP contribution in [0, 0.1) is 11.1 Å². The summed E-state index contributed by atoms with van der Waals surface area (Å²) < 4.78 is 0. The molecule has 0 atom stereocenters. The Kier molecular flexibility index (Phi) is 28.2. The summed E-state index contributed by atoms with van der Waals surface area (Å²) in [7, 11) is 0. The van der Waals surface area contributed by atoms with Crippen LogP contribution in [0.15, 0.2) is 0 Å². The second-order valence-corrected chi connectivity index (χ2v) is 0.112. The van der Waals surface area contributed by atoms with Gasteiger partial charge in [0.05, 0.1) is 0 Å². The molecule has 0 aromatic heterocycles. The van der Waals surface area contributed by atoms with Gasteiger partial charge in [-0.2, -0.15) is 0 Å². The summed E-state index contributed by atoms with van der Waals surface area (Å²) in [5, 5.41) is 0. The van der Waals surface area contributed by atoms with Gasteiger partial charge in [-0.3, -0.25) is 0 Å². The van der Waals surface area contributed by atoms with Crippen LogP contribution in [-0.4, -0.2) is 0 Å². The van der Waals surface area contributed by atoms with Gasteiger partial charge in [-0.05, 0) is 0 Å². The van der Waals surface area contributed by atoms with E-state index in [-0.39, 0.29) is 19.8 Å². The Bertz CT molecular complexity index is 24.3. The van der Waals surface area contributed by atoms with Crippen LogP contribution < -0.4 is 4.91 Å². The Morgan fingerprint density at radius 2 is 1.25 bits per heavy atom. The zero-order chi connectivity index (χ0) is 2.71. The van der Waals surface area contributed by atoms with E-state index in [2.05, 4.69) is 0 Å². The fourth-order valence-electron chi connectivity index (χ4n) is 0. The van der Waals surface area contributed by atoms with Crippen LogP contribution in [0.25, 0.3) is 0 Å². The Balaban J connectivity index is 0. The number of nitrogens with zero attached hydrogens (tertiary/aromatic N) is 1. The predicted molar refractivity (Wildman–Crippen MR) is 7.57 cm³/mol. The summed E-state index contributed by atoms with van der Waals surface area (Å²) >= 11 is 0. The van der Waals surface area contributed by atoms with Gasteiger partial charge in [0, 0.05) is 19.8 Å². The molecular weight excluding hydrogens is 232 g/mol. The fraction of sp³-hybridized carbons (Fsp3) is 0. The number of nitrogens with one attached hydrogen (secondary N) is 2. The van der Waals surface area contributed by atoms with Crippen molar-refractivity contribution in [1.82, 2.24) is 4.91 Å². The zero-order valence-corrected chi connectivity index (χ0v) is 4.34. The van der Waals surface area contributed by atoms with E-state index in [1.165, 1.54) is 0 Å². The first-order valence-electron chi connectivity index (χ1n) is 0.447. The van der Waals surface area contributed by atoms with Crippen molar-refractivity contribution in [2.24, 2.45) is 0 Å². The van der Waals surface area contributed by atoms with Gasteiger partial charge in [0.25, 0.3) is 0 Å². The topological polar surface area (TPSA) is 61.8 Å². The fourth-order valence-corrected chi connectivity index (χ4v) is 0. The summed E-state index contributed by atoms with van der Waals surface area (Å²) in [5.74, 6) is 0. The molecule has 0 radical (unpaired) electrons. The summed E-state index contributed by atoms with van der Waals surface area (Å²) in [4.78, 5) is 2.00. The first kappa shape index (κ1) is 9.04. The van der Waals surface area contributed by atoms with Crippen LogP contribution in [0.1, 0.15) is 0 Å². The molecule has 0 heterocycles. The molecule has 0 aromatic carbocycles. The second kappa shape index (κ2) is 12.5. The molecular formula is H2N3Os+. The van der Waals surface area contributed by atoms with Crippen LogP contribution in [0.2, 0.25) is 0 Å². The van der Waals surface area contributed by atoms with Crippen molar-refractivity contribution in [3.63, 3.8) is 0 Å². The van der Waals surface area contributed by atoms with Gasteiger partial charge >= 0.3 is 0 Å². The summed E-state index contributed by atoms with van der Waals surface area (Å²) in [6.07, 6.45) is 0. The van der Waals surface area contributed by atoms with Crippen molar-refractivity contribution in [3.05, 3.63) is 0 Å². The van der Waals surface area contributed by atoms with E-state index in [4.69, 9.17) is 11.1 Å². The Labute approximate surface area is 36.5 Å². The Hall–Kier alpha value is -0.0536. The number of hydrogen-bond acceptors (Lipinski definition) is 2. The third-order valence-corrected chi connectivity index (χ3v) is 0. The smallest absolute Gasteiger partial charge is 0 e. The first-order chi connectivity index (χ1) is 1.41. The van der Waals surface area contributed by atoms with E-state index in [0.29, 0.717) is 0 Å². The van der Waals surface area contributed by atoms with Crippen LogP contribution in [-0.2, 0) is 19.8 Å². The van der Waals surface area contributed by atoms with E-state index in [1.54, 1.807) is 0 Å². The Morgan fingerprint density at radius 3 is 1.25 bits per heavy atom. The van der Waals surface area contributed by atoms with Gasteiger partial charge in [0.1, 0.15) is 11.1 Å². The minimum atomic E-state index is 0. The molecule has 3 nitrogen and oxygen atoms in total. The summed E-state index contributed by atoms with van der Waals surface area (Å²) in [5.41, 5.74) is 11.0. The maximum atomic E-state index is 5.50. The standard InChI is InChI=1S/H2N3.Os/c1-3-2;/h1-2H;/q+1;. The minimum absolute atomic E-state index is 0. The molecule has 0 amide bonds. The molecule has 24 valence electrons. The van der Waals surface area contributed by atoms with E-state index < -0.39 is 0 Å². The van der Waals surface area contributed by atoms with E-state index in [1.807, 2.05) is 4.91 Å². The molecule has 2 N–H and O–H groups in total. The molecule has 4 heteroatoms. The largest absolute Gasteiger partial charge is 0.211 e. The van der Waals surface area contributed by atoms with Crippen LogP contribution in [0.4, 0.5) is 0 Å². The van der Waals surface area contributed by atoms with Crippen molar-refractivity contribution in [2.75, 3.05) is 0 Å². The van der Waals surface area contributed by atoms with Crippen molar-refractivity contribution in [2.45, 2.75) is 0 Å². The molecule has 0 aliphatic heterocycles. The third kappa shape index (κ3) is 606. The molecule has 0 rings (SSSR count). The van der Waals surface area contributed by atoms with Gasteiger partial charge in [-0.1, -0.05) is 0 Å². The van der Waals surface area contributed by atoms with Crippen LogP contribution in [0.3, 0.4) is 0 Å². The molecule has 0 aliphatic rings. The molecule has 0 saturated carbocycles. The average molecular weight is 234 g/mol. The van der Waals surface area contributed by atoms with Crippen molar-refractivity contribution in [3.8, 4) is 0 Å². The molecule has 0 aliphatic carbocycles. The number of rotatable bonds is 0. The molecule has 0 fully saturated rings. The zero-order valence-electron chi connectivity index (χ0n) is 1.80. The Morgan fingerprint density at radius 1 is 1.25 bits per heavy atom. The average Bonchev–Trinajstić information content (AvgIpc) is 0.918. The van der Waals surface area contributed by atoms with Crippen molar-refractivity contribution in [1.29, 1.82) is 11.1 Å². The molecule has 0 saturated heterocycles. The summed E-state index contributed by atoms with van der Waals surface area (Å²) in [6, 6.07) is 0. The van der Waals surface area contributed by atoms with Crippen molar-refractivity contribution >= 4 is 0 Å². The van der Waals surface area contributed by atoms with Gasteiger partial charge in [-0.15, -0.1) is 0 Å². The SMILES string of the molecule is N=[N+]=N.[Os]. The van der Waals surface area contributed by atoms with Gasteiger partial charge in [-0.25, -0.2) is 0 Å². The van der Waals surface area contributed by atoms with Crippen LogP contribution in [0.5, 0.6) is 0 Å². The molecule has 0 spiro atoms. The second-order valence-electron chi connectivity index (χ2n) is 0.112. The number of hydrogen-bond donors (Lipinski definition) is 2. The molecule has 0 aromatic rings. The summed E-state index contributed by atoms with van der Waals surface area (Å²) in [6.45, 7) is 0. The van der Waals surface area contributed by atoms with Gasteiger partial charge in [0.15, 0.2) is 0 Å². The van der Waals surface area contributed by atoms with Gasteiger partial charge in [0.2, 0.25) is 4.91 Å². The third-order valence-electron chi connectivity index (χ3n) is 0. The maximum absolute atomic E-state index is 5.50. The van der Waals surface area contributed by atoms with E-state index in [9.17, 15) is 0 Å². The van der Waals surface area contributed by atoms with Gasteiger partial charge < -0.3 is 0 Å². The predicted octanol–water partition coefficient (Wildman–Crippen LogP) is 0.113.